The zero-order valence-corrected chi connectivity index (χ0v) is 14.1. The SMILES string of the molecule is C=C(COCC)C(=O)N(CC)CCC/C=N/OC(C)(C)C. The summed E-state index contributed by atoms with van der Waals surface area (Å²) in [6.07, 6.45) is 3.37. The lowest BCUT2D eigenvalue weighted by atomic mass is 10.2. The van der Waals surface area contributed by atoms with Crippen molar-refractivity contribution in [3.8, 4) is 0 Å². The summed E-state index contributed by atoms with van der Waals surface area (Å²) in [5.74, 6) is -0.0335. The van der Waals surface area contributed by atoms with Gasteiger partial charge < -0.3 is 14.5 Å². The minimum absolute atomic E-state index is 0.0335. The third kappa shape index (κ3) is 10.1. The Balaban J connectivity index is 4.04. The van der Waals surface area contributed by atoms with Crippen LogP contribution in [-0.2, 0) is 14.4 Å². The molecule has 0 radical (unpaired) electrons. The van der Waals surface area contributed by atoms with E-state index in [1.807, 2.05) is 34.6 Å². The van der Waals surface area contributed by atoms with Gasteiger partial charge in [0.25, 0.3) is 5.91 Å². The summed E-state index contributed by atoms with van der Waals surface area (Å²) in [5.41, 5.74) is 0.238. The number of rotatable bonds is 10. The first kappa shape index (κ1) is 19.6. The number of ether oxygens (including phenoxy) is 1. The van der Waals surface area contributed by atoms with Crippen LogP contribution in [0.3, 0.4) is 0 Å². The van der Waals surface area contributed by atoms with Crippen molar-refractivity contribution in [1.29, 1.82) is 0 Å². The zero-order valence-electron chi connectivity index (χ0n) is 14.1. The van der Waals surface area contributed by atoms with E-state index in [1.54, 1.807) is 11.1 Å². The van der Waals surface area contributed by atoms with Crippen molar-refractivity contribution in [2.24, 2.45) is 5.16 Å². The Morgan fingerprint density at radius 2 is 2.00 bits per heavy atom. The van der Waals surface area contributed by atoms with Gasteiger partial charge in [-0.1, -0.05) is 11.7 Å². The monoisotopic (exact) mass is 298 g/mol. The number of amides is 1. The second-order valence-electron chi connectivity index (χ2n) is 5.76. The first-order chi connectivity index (χ1) is 9.81. The molecule has 0 aliphatic carbocycles. The van der Waals surface area contributed by atoms with Crippen LogP contribution in [0.5, 0.6) is 0 Å². The Morgan fingerprint density at radius 1 is 1.33 bits per heavy atom. The summed E-state index contributed by atoms with van der Waals surface area (Å²) in [5, 5.41) is 3.92. The van der Waals surface area contributed by atoms with Gasteiger partial charge in [-0.05, 0) is 47.5 Å². The molecule has 122 valence electrons. The fourth-order valence-electron chi connectivity index (χ4n) is 1.54. The Kier molecular flexibility index (Phi) is 9.71. The fraction of sp³-hybridized carbons (Fsp3) is 0.750. The normalized spacial score (nSPS) is 11.7. The van der Waals surface area contributed by atoms with E-state index in [0.29, 0.717) is 31.9 Å². The zero-order chi connectivity index (χ0) is 16.3. The van der Waals surface area contributed by atoms with Crippen LogP contribution in [0.4, 0.5) is 0 Å². The summed E-state index contributed by atoms with van der Waals surface area (Å²) in [7, 11) is 0. The van der Waals surface area contributed by atoms with Crippen molar-refractivity contribution in [2.75, 3.05) is 26.3 Å². The Bertz CT molecular complexity index is 346. The molecule has 0 fully saturated rings. The molecule has 0 aromatic rings. The maximum Gasteiger partial charge on any atom is 0.251 e. The Labute approximate surface area is 129 Å². The molecular weight excluding hydrogens is 268 g/mol. The average Bonchev–Trinajstić information content (AvgIpc) is 2.42. The topological polar surface area (TPSA) is 51.1 Å². The summed E-state index contributed by atoms with van der Waals surface area (Å²) in [4.78, 5) is 19.1. The molecular formula is C16H30N2O3. The second-order valence-corrected chi connectivity index (χ2v) is 5.76. The van der Waals surface area contributed by atoms with Crippen LogP contribution in [-0.4, -0.2) is 48.9 Å². The van der Waals surface area contributed by atoms with Gasteiger partial charge in [0.15, 0.2) is 0 Å². The van der Waals surface area contributed by atoms with Crippen molar-refractivity contribution in [3.63, 3.8) is 0 Å². The molecule has 0 heterocycles. The fourth-order valence-corrected chi connectivity index (χ4v) is 1.54. The molecule has 0 unspecified atom stereocenters. The Hall–Kier alpha value is -1.36. The largest absolute Gasteiger partial charge is 0.390 e. The van der Waals surface area contributed by atoms with Crippen molar-refractivity contribution < 1.29 is 14.4 Å². The highest BCUT2D eigenvalue weighted by Gasteiger charge is 2.14. The molecule has 5 nitrogen and oxygen atoms in total. The second kappa shape index (κ2) is 10.4. The number of nitrogens with zero attached hydrogens (tertiary/aromatic N) is 2. The number of hydrogen-bond acceptors (Lipinski definition) is 4. The molecule has 0 rings (SSSR count). The van der Waals surface area contributed by atoms with E-state index in [-0.39, 0.29) is 11.5 Å². The quantitative estimate of drug-likeness (QED) is 0.270. The van der Waals surface area contributed by atoms with Gasteiger partial charge >= 0.3 is 0 Å². The number of carbonyl (C=O) groups excluding carboxylic acids is 1. The maximum absolute atomic E-state index is 12.1. The highest BCUT2D eigenvalue weighted by Crippen LogP contribution is 2.07. The third-order valence-electron chi connectivity index (χ3n) is 2.61. The van der Waals surface area contributed by atoms with E-state index in [4.69, 9.17) is 9.57 Å². The standard InChI is InChI=1S/C16H30N2O3/c1-7-18(15(19)14(3)13-20-8-2)12-10-9-11-17-21-16(4,5)6/h11H,3,7-10,12-13H2,1-2,4-6H3/b17-11+. The predicted octanol–water partition coefficient (Wildman–Crippen LogP) is 3.01. The van der Waals surface area contributed by atoms with Crippen LogP contribution < -0.4 is 0 Å². The van der Waals surface area contributed by atoms with Crippen LogP contribution in [0.2, 0.25) is 0 Å². The highest BCUT2D eigenvalue weighted by molar-refractivity contribution is 5.93. The molecule has 1 amide bonds. The average molecular weight is 298 g/mol. The third-order valence-corrected chi connectivity index (χ3v) is 2.61. The maximum atomic E-state index is 12.1. The number of likely N-dealkylation sites (N-methyl/N-ethyl adjacent to an activating group) is 1. The highest BCUT2D eigenvalue weighted by atomic mass is 16.6. The van der Waals surface area contributed by atoms with Gasteiger partial charge in [-0.2, -0.15) is 0 Å². The van der Waals surface area contributed by atoms with Crippen LogP contribution in [0.15, 0.2) is 17.3 Å². The van der Waals surface area contributed by atoms with Gasteiger partial charge in [0.1, 0.15) is 5.60 Å². The van der Waals surface area contributed by atoms with Crippen molar-refractivity contribution in [1.82, 2.24) is 4.90 Å². The molecule has 0 aromatic carbocycles. The lowest BCUT2D eigenvalue weighted by molar-refractivity contribution is -0.127. The molecule has 0 bridgehead atoms. The van der Waals surface area contributed by atoms with E-state index in [9.17, 15) is 4.79 Å². The van der Waals surface area contributed by atoms with Gasteiger partial charge in [-0.25, -0.2) is 0 Å². The summed E-state index contributed by atoms with van der Waals surface area (Å²) < 4.78 is 5.22. The van der Waals surface area contributed by atoms with E-state index >= 15 is 0 Å². The van der Waals surface area contributed by atoms with E-state index in [2.05, 4.69) is 11.7 Å². The van der Waals surface area contributed by atoms with Crippen LogP contribution in [0.25, 0.3) is 0 Å². The van der Waals surface area contributed by atoms with Crippen LogP contribution >= 0.6 is 0 Å². The summed E-state index contributed by atoms with van der Waals surface area (Å²) in [6.45, 7) is 15.7. The van der Waals surface area contributed by atoms with Gasteiger partial charge in [0.05, 0.1) is 6.61 Å². The van der Waals surface area contributed by atoms with E-state index in [1.165, 1.54) is 0 Å². The first-order valence-electron chi connectivity index (χ1n) is 7.56. The molecule has 0 atom stereocenters. The number of hydrogen-bond donors (Lipinski definition) is 0. The molecule has 0 aliphatic rings. The van der Waals surface area contributed by atoms with Gasteiger partial charge in [0.2, 0.25) is 0 Å². The smallest absolute Gasteiger partial charge is 0.251 e. The lowest BCUT2D eigenvalue weighted by Gasteiger charge is -2.21. The summed E-state index contributed by atoms with van der Waals surface area (Å²) >= 11 is 0. The van der Waals surface area contributed by atoms with Gasteiger partial charge in [-0.3, -0.25) is 4.79 Å². The van der Waals surface area contributed by atoms with Crippen molar-refractivity contribution >= 4 is 12.1 Å². The minimum Gasteiger partial charge on any atom is -0.390 e. The predicted molar refractivity (Wildman–Crippen MR) is 86.5 cm³/mol. The molecule has 0 saturated carbocycles. The van der Waals surface area contributed by atoms with Crippen LogP contribution in [0.1, 0.15) is 47.5 Å². The molecule has 5 heteroatoms. The Morgan fingerprint density at radius 3 is 2.52 bits per heavy atom. The molecule has 0 saturated heterocycles. The van der Waals surface area contributed by atoms with Gasteiger partial charge in [-0.15, -0.1) is 0 Å². The molecule has 0 aromatic heterocycles. The molecule has 0 N–H and O–H groups in total. The van der Waals surface area contributed by atoms with Gasteiger partial charge in [0, 0.05) is 31.5 Å². The van der Waals surface area contributed by atoms with E-state index in [0.717, 1.165) is 12.8 Å². The summed E-state index contributed by atoms with van der Waals surface area (Å²) in [6, 6.07) is 0. The van der Waals surface area contributed by atoms with Crippen LogP contribution in [0, 0.1) is 0 Å². The van der Waals surface area contributed by atoms with E-state index < -0.39 is 0 Å². The molecule has 0 aliphatic heterocycles. The first-order valence-corrected chi connectivity index (χ1v) is 7.56. The van der Waals surface area contributed by atoms with Crippen molar-refractivity contribution in [2.45, 2.75) is 53.1 Å². The number of unbranched alkanes of at least 4 members (excludes halogenated alkanes) is 1. The minimum atomic E-state index is -0.265. The molecule has 0 spiro atoms. The molecule has 21 heavy (non-hydrogen) atoms. The number of oxime groups is 1. The number of carbonyl (C=O) groups is 1. The lowest BCUT2D eigenvalue weighted by Crippen LogP contribution is -2.33. The van der Waals surface area contributed by atoms with Crippen molar-refractivity contribution in [3.05, 3.63) is 12.2 Å².